The number of rotatable bonds is 4. The molecule has 2 atom stereocenters. The predicted octanol–water partition coefficient (Wildman–Crippen LogP) is 1.99. The lowest BCUT2D eigenvalue weighted by molar-refractivity contribution is -0.120. The van der Waals surface area contributed by atoms with Gasteiger partial charge in [0, 0.05) is 11.8 Å². The highest BCUT2D eigenvalue weighted by Gasteiger charge is 2.19. The summed E-state index contributed by atoms with van der Waals surface area (Å²) in [5, 5.41) is 0. The molecule has 2 nitrogen and oxygen atoms in total. The van der Waals surface area contributed by atoms with E-state index in [9.17, 15) is 9.59 Å². The van der Waals surface area contributed by atoms with Crippen LogP contribution in [0.2, 0.25) is 0 Å². The highest BCUT2D eigenvalue weighted by Crippen LogP contribution is 2.19. The molecule has 0 saturated carbocycles. The molecule has 0 aromatic heterocycles. The van der Waals surface area contributed by atoms with Crippen molar-refractivity contribution in [2.24, 2.45) is 11.8 Å². The summed E-state index contributed by atoms with van der Waals surface area (Å²) < 4.78 is 0. The molecule has 0 amide bonds. The number of hydrogen-bond donors (Lipinski definition) is 0. The molecule has 68 valence electrons. The van der Waals surface area contributed by atoms with Crippen LogP contribution in [0, 0.1) is 11.8 Å². The minimum absolute atomic E-state index is 0.0631. The van der Waals surface area contributed by atoms with Gasteiger partial charge in [0.15, 0.2) is 0 Å². The van der Waals surface area contributed by atoms with Crippen LogP contribution in [-0.2, 0) is 9.59 Å². The third-order valence-electron chi connectivity index (χ3n) is 2.33. The molecule has 0 rings (SSSR count). The van der Waals surface area contributed by atoms with Crippen molar-refractivity contribution in [1.82, 2.24) is 0 Å². The highest BCUT2D eigenvalue weighted by molar-refractivity contribution is 5.86. The number of ketones is 2. The summed E-state index contributed by atoms with van der Waals surface area (Å²) in [6.45, 7) is 10.4. The molecule has 0 aromatic carbocycles. The summed E-state index contributed by atoms with van der Waals surface area (Å²) in [6, 6.07) is 0. The van der Waals surface area contributed by atoms with Gasteiger partial charge in [-0.2, -0.15) is 0 Å². The van der Waals surface area contributed by atoms with E-state index in [4.69, 9.17) is 0 Å². The van der Waals surface area contributed by atoms with Crippen LogP contribution in [0.15, 0.2) is 12.2 Å². The molecule has 0 N–H and O–H groups in total. The minimum Gasteiger partial charge on any atom is -0.299 e. The van der Waals surface area contributed by atoms with Crippen molar-refractivity contribution in [3.8, 4) is 0 Å². The lowest BCUT2D eigenvalue weighted by Gasteiger charge is -2.16. The lowest BCUT2D eigenvalue weighted by atomic mass is 9.87. The zero-order valence-corrected chi connectivity index (χ0v) is 8.18. The van der Waals surface area contributed by atoms with E-state index in [0.29, 0.717) is 0 Å². The standard InChI is InChI=1S/C10H16O2/c1-6(7(2)9(4)11)8(3)10(5)12/h7-8H,1H2,2-5H3. The maximum atomic E-state index is 10.9. The number of hydrogen-bond acceptors (Lipinski definition) is 2. The van der Waals surface area contributed by atoms with Gasteiger partial charge in [-0.05, 0) is 13.8 Å². The molecular formula is C10H16O2. The fourth-order valence-corrected chi connectivity index (χ4v) is 0.897. The second kappa shape index (κ2) is 4.19. The van der Waals surface area contributed by atoms with Gasteiger partial charge in [-0.3, -0.25) is 9.59 Å². The fourth-order valence-electron chi connectivity index (χ4n) is 0.897. The second-order valence-corrected chi connectivity index (χ2v) is 3.24. The molecule has 0 aliphatic heterocycles. The molecule has 0 aliphatic carbocycles. The first-order chi connectivity index (χ1) is 5.37. The molecule has 2 unspecified atom stereocenters. The molecule has 0 fully saturated rings. The van der Waals surface area contributed by atoms with Gasteiger partial charge in [0.1, 0.15) is 11.6 Å². The lowest BCUT2D eigenvalue weighted by Crippen LogP contribution is -2.18. The molecule has 0 aromatic rings. The Balaban J connectivity index is 4.39. The Morgan fingerprint density at radius 3 is 1.42 bits per heavy atom. The third-order valence-corrected chi connectivity index (χ3v) is 2.33. The Hall–Kier alpha value is -0.920. The van der Waals surface area contributed by atoms with Crippen LogP contribution >= 0.6 is 0 Å². The van der Waals surface area contributed by atoms with E-state index in [1.165, 1.54) is 13.8 Å². The number of allylic oxidation sites excluding steroid dienone is 1. The van der Waals surface area contributed by atoms with Crippen LogP contribution < -0.4 is 0 Å². The van der Waals surface area contributed by atoms with E-state index in [1.54, 1.807) is 13.8 Å². The monoisotopic (exact) mass is 168 g/mol. The van der Waals surface area contributed by atoms with Crippen molar-refractivity contribution in [2.45, 2.75) is 27.7 Å². The minimum atomic E-state index is -0.205. The molecule has 0 radical (unpaired) electrons. The molecule has 12 heavy (non-hydrogen) atoms. The second-order valence-electron chi connectivity index (χ2n) is 3.24. The van der Waals surface area contributed by atoms with Gasteiger partial charge in [-0.1, -0.05) is 26.0 Å². The van der Waals surface area contributed by atoms with E-state index >= 15 is 0 Å². The zero-order valence-electron chi connectivity index (χ0n) is 8.18. The average molecular weight is 168 g/mol. The van der Waals surface area contributed by atoms with Crippen LogP contribution in [0.4, 0.5) is 0 Å². The molecule has 2 heteroatoms. The highest BCUT2D eigenvalue weighted by atomic mass is 16.1. The van der Waals surface area contributed by atoms with E-state index < -0.39 is 0 Å². The van der Waals surface area contributed by atoms with Crippen molar-refractivity contribution < 1.29 is 9.59 Å². The van der Waals surface area contributed by atoms with E-state index in [2.05, 4.69) is 6.58 Å². The molecule has 0 aliphatic rings. The van der Waals surface area contributed by atoms with Crippen LogP contribution in [0.3, 0.4) is 0 Å². The SMILES string of the molecule is C=C(C(C)C(C)=O)C(C)C(C)=O. The van der Waals surface area contributed by atoms with Crippen LogP contribution in [0.1, 0.15) is 27.7 Å². The zero-order chi connectivity index (χ0) is 9.89. The molecule has 0 bridgehead atoms. The molecule has 0 spiro atoms. The van der Waals surface area contributed by atoms with Gasteiger partial charge < -0.3 is 0 Å². The third kappa shape index (κ3) is 2.61. The summed E-state index contributed by atoms with van der Waals surface area (Å²) in [7, 11) is 0. The summed E-state index contributed by atoms with van der Waals surface area (Å²) in [5.41, 5.74) is 0.718. The summed E-state index contributed by atoms with van der Waals surface area (Å²) in [4.78, 5) is 21.9. The van der Waals surface area contributed by atoms with Gasteiger partial charge in [0.2, 0.25) is 0 Å². The Morgan fingerprint density at radius 2 is 1.25 bits per heavy atom. The Bertz CT molecular complexity index is 194. The van der Waals surface area contributed by atoms with Crippen molar-refractivity contribution in [3.63, 3.8) is 0 Å². The van der Waals surface area contributed by atoms with Crippen molar-refractivity contribution in [3.05, 3.63) is 12.2 Å². The normalized spacial score (nSPS) is 15.0. The van der Waals surface area contributed by atoms with Crippen LogP contribution in [0.25, 0.3) is 0 Å². The number of carbonyl (C=O) groups is 2. The van der Waals surface area contributed by atoms with Crippen LogP contribution in [0.5, 0.6) is 0 Å². The van der Waals surface area contributed by atoms with E-state index in [-0.39, 0.29) is 23.4 Å². The Morgan fingerprint density at radius 1 is 1.00 bits per heavy atom. The van der Waals surface area contributed by atoms with Gasteiger partial charge >= 0.3 is 0 Å². The Labute approximate surface area is 73.7 Å². The number of carbonyl (C=O) groups excluding carboxylic acids is 2. The first-order valence-corrected chi connectivity index (χ1v) is 4.07. The summed E-state index contributed by atoms with van der Waals surface area (Å²) in [6.07, 6.45) is 0. The topological polar surface area (TPSA) is 34.1 Å². The van der Waals surface area contributed by atoms with Crippen molar-refractivity contribution in [1.29, 1.82) is 0 Å². The van der Waals surface area contributed by atoms with Gasteiger partial charge in [0.25, 0.3) is 0 Å². The molecule has 0 saturated heterocycles. The molecular weight excluding hydrogens is 152 g/mol. The largest absolute Gasteiger partial charge is 0.299 e. The van der Waals surface area contributed by atoms with E-state index in [0.717, 1.165) is 5.57 Å². The van der Waals surface area contributed by atoms with Gasteiger partial charge in [-0.25, -0.2) is 0 Å². The van der Waals surface area contributed by atoms with Crippen LogP contribution in [-0.4, -0.2) is 11.6 Å². The maximum Gasteiger partial charge on any atom is 0.136 e. The maximum absolute atomic E-state index is 10.9. The summed E-state index contributed by atoms with van der Waals surface area (Å²) >= 11 is 0. The summed E-state index contributed by atoms with van der Waals surface area (Å²) in [5.74, 6) is -0.283. The smallest absolute Gasteiger partial charge is 0.136 e. The van der Waals surface area contributed by atoms with Gasteiger partial charge in [-0.15, -0.1) is 0 Å². The van der Waals surface area contributed by atoms with Gasteiger partial charge in [0.05, 0.1) is 0 Å². The average Bonchev–Trinajstić information content (AvgIpc) is 2.00. The van der Waals surface area contributed by atoms with Crippen molar-refractivity contribution in [2.75, 3.05) is 0 Å². The molecule has 0 heterocycles. The fraction of sp³-hybridized carbons (Fsp3) is 0.600. The Kier molecular flexibility index (Phi) is 3.87. The quantitative estimate of drug-likeness (QED) is 0.601. The first kappa shape index (κ1) is 11.1. The number of Topliss-reactive ketones (excluding diaryl/α,β-unsaturated/α-hetero) is 2. The first-order valence-electron chi connectivity index (χ1n) is 4.07. The van der Waals surface area contributed by atoms with E-state index in [1.807, 2.05) is 0 Å². The predicted molar refractivity (Wildman–Crippen MR) is 48.8 cm³/mol. The van der Waals surface area contributed by atoms with Crippen molar-refractivity contribution >= 4 is 11.6 Å².